The predicted octanol–water partition coefficient (Wildman–Crippen LogP) is 2.84. The van der Waals surface area contributed by atoms with E-state index in [0.29, 0.717) is 17.5 Å². The van der Waals surface area contributed by atoms with Crippen LogP contribution in [-0.4, -0.2) is 34.1 Å². The number of pyridine rings is 1. The maximum atomic E-state index is 12.9. The molecule has 2 aromatic heterocycles. The van der Waals surface area contributed by atoms with E-state index in [2.05, 4.69) is 19.9 Å². The molecule has 6 heteroatoms. The first-order valence-corrected chi connectivity index (χ1v) is 8.02. The van der Waals surface area contributed by atoms with Gasteiger partial charge in [0.25, 0.3) is 0 Å². The highest BCUT2D eigenvalue weighted by molar-refractivity contribution is 5.30. The van der Waals surface area contributed by atoms with Gasteiger partial charge in [-0.2, -0.15) is 0 Å². The number of hydrogen-bond acceptors (Lipinski definition) is 5. The molecular formula is C17H19FN4O. The number of nitrogens with zero attached hydrogens (tertiary/aromatic N) is 4. The summed E-state index contributed by atoms with van der Waals surface area (Å²) in [4.78, 5) is 14.4. The Morgan fingerprint density at radius 1 is 1.13 bits per heavy atom. The van der Waals surface area contributed by atoms with E-state index in [1.165, 1.54) is 12.4 Å². The predicted molar refractivity (Wildman–Crippen MR) is 83.8 cm³/mol. The standard InChI is InChI=1S/C17H19FN4O/c18-13-10-20-16(21-11-13)22-6-3-17(4-7-22)8-15(9-17)23-14-2-1-5-19-12-14/h1-2,5,10-12,15H,3-4,6-9H2. The van der Waals surface area contributed by atoms with Crippen molar-refractivity contribution >= 4 is 5.95 Å². The van der Waals surface area contributed by atoms with E-state index >= 15 is 0 Å². The van der Waals surface area contributed by atoms with Gasteiger partial charge in [-0.05, 0) is 43.2 Å². The Labute approximate surface area is 134 Å². The van der Waals surface area contributed by atoms with Gasteiger partial charge in [-0.1, -0.05) is 0 Å². The summed E-state index contributed by atoms with van der Waals surface area (Å²) in [6.45, 7) is 1.84. The molecule has 0 amide bonds. The highest BCUT2D eigenvalue weighted by atomic mass is 19.1. The van der Waals surface area contributed by atoms with Crippen LogP contribution in [0.15, 0.2) is 36.9 Å². The lowest BCUT2D eigenvalue weighted by atomic mass is 9.61. The van der Waals surface area contributed by atoms with Gasteiger partial charge in [0, 0.05) is 19.3 Å². The fourth-order valence-corrected chi connectivity index (χ4v) is 3.66. The fourth-order valence-electron chi connectivity index (χ4n) is 3.66. The van der Waals surface area contributed by atoms with Crippen LogP contribution in [0, 0.1) is 11.2 Å². The highest BCUT2D eigenvalue weighted by Crippen LogP contribution is 2.50. The largest absolute Gasteiger partial charge is 0.489 e. The molecule has 1 aliphatic heterocycles. The van der Waals surface area contributed by atoms with E-state index < -0.39 is 5.82 Å². The number of aromatic nitrogens is 3. The third-order valence-corrected chi connectivity index (χ3v) is 4.97. The molecule has 1 aliphatic carbocycles. The summed E-state index contributed by atoms with van der Waals surface area (Å²) >= 11 is 0. The quantitative estimate of drug-likeness (QED) is 0.872. The fraction of sp³-hybridized carbons (Fsp3) is 0.471. The molecule has 0 unspecified atom stereocenters. The number of ether oxygens (including phenoxy) is 1. The zero-order chi connectivity index (χ0) is 15.7. The Hall–Kier alpha value is -2.24. The number of rotatable bonds is 3. The van der Waals surface area contributed by atoms with Crippen molar-refractivity contribution in [2.75, 3.05) is 18.0 Å². The molecule has 1 spiro atoms. The van der Waals surface area contributed by atoms with E-state index in [9.17, 15) is 4.39 Å². The van der Waals surface area contributed by atoms with Gasteiger partial charge in [-0.3, -0.25) is 4.98 Å². The lowest BCUT2D eigenvalue weighted by Crippen LogP contribution is -2.51. The first-order valence-electron chi connectivity index (χ1n) is 8.02. The van der Waals surface area contributed by atoms with Gasteiger partial charge in [-0.25, -0.2) is 14.4 Å². The van der Waals surface area contributed by atoms with Crippen molar-refractivity contribution in [1.29, 1.82) is 0 Å². The Kier molecular flexibility index (Phi) is 3.59. The van der Waals surface area contributed by atoms with Gasteiger partial charge in [0.2, 0.25) is 5.95 Å². The van der Waals surface area contributed by atoms with Crippen LogP contribution in [0.1, 0.15) is 25.7 Å². The molecule has 120 valence electrons. The van der Waals surface area contributed by atoms with E-state index in [1.54, 1.807) is 12.4 Å². The first-order chi connectivity index (χ1) is 11.2. The van der Waals surface area contributed by atoms with Crippen molar-refractivity contribution in [2.24, 2.45) is 5.41 Å². The third kappa shape index (κ3) is 2.98. The minimum atomic E-state index is -0.392. The lowest BCUT2D eigenvalue weighted by molar-refractivity contribution is -0.0313. The molecule has 1 saturated carbocycles. The average Bonchev–Trinajstić information content (AvgIpc) is 2.56. The lowest BCUT2D eigenvalue weighted by Gasteiger charge is -2.51. The first kappa shape index (κ1) is 14.4. The van der Waals surface area contributed by atoms with Crippen molar-refractivity contribution < 1.29 is 9.13 Å². The molecular weight excluding hydrogens is 295 g/mol. The maximum Gasteiger partial charge on any atom is 0.225 e. The molecule has 2 aromatic rings. The molecule has 0 atom stereocenters. The second kappa shape index (κ2) is 5.76. The summed E-state index contributed by atoms with van der Waals surface area (Å²) in [6.07, 6.45) is 10.7. The van der Waals surface area contributed by atoms with Crippen molar-refractivity contribution in [3.63, 3.8) is 0 Å². The van der Waals surface area contributed by atoms with Crippen LogP contribution in [0.4, 0.5) is 10.3 Å². The normalized spacial score (nSPS) is 20.3. The highest BCUT2D eigenvalue weighted by Gasteiger charge is 2.47. The summed E-state index contributed by atoms with van der Waals surface area (Å²) < 4.78 is 18.9. The van der Waals surface area contributed by atoms with Crippen LogP contribution in [0.25, 0.3) is 0 Å². The summed E-state index contributed by atoms with van der Waals surface area (Å²) in [5.74, 6) is 1.09. The molecule has 4 rings (SSSR count). The van der Waals surface area contributed by atoms with Gasteiger partial charge in [-0.15, -0.1) is 0 Å². The van der Waals surface area contributed by atoms with Crippen molar-refractivity contribution in [2.45, 2.75) is 31.8 Å². The number of anilines is 1. The van der Waals surface area contributed by atoms with Gasteiger partial charge in [0.1, 0.15) is 5.75 Å². The summed E-state index contributed by atoms with van der Waals surface area (Å²) in [6, 6.07) is 3.84. The molecule has 0 radical (unpaired) electrons. The van der Waals surface area contributed by atoms with Gasteiger partial charge < -0.3 is 9.64 Å². The summed E-state index contributed by atoms with van der Waals surface area (Å²) in [5, 5.41) is 0. The van der Waals surface area contributed by atoms with E-state index in [-0.39, 0.29) is 0 Å². The van der Waals surface area contributed by atoms with Gasteiger partial charge in [0.15, 0.2) is 5.82 Å². The van der Waals surface area contributed by atoms with Crippen LogP contribution >= 0.6 is 0 Å². The summed E-state index contributed by atoms with van der Waals surface area (Å²) in [7, 11) is 0. The molecule has 3 heterocycles. The summed E-state index contributed by atoms with van der Waals surface area (Å²) in [5.41, 5.74) is 0.392. The Morgan fingerprint density at radius 3 is 2.52 bits per heavy atom. The van der Waals surface area contributed by atoms with Crippen LogP contribution in [0.5, 0.6) is 5.75 Å². The van der Waals surface area contributed by atoms with E-state index in [0.717, 1.165) is 44.5 Å². The molecule has 0 bridgehead atoms. The molecule has 23 heavy (non-hydrogen) atoms. The number of halogens is 1. The molecule has 0 aromatic carbocycles. The maximum absolute atomic E-state index is 12.9. The van der Waals surface area contributed by atoms with Crippen molar-refractivity contribution in [3.05, 3.63) is 42.7 Å². The monoisotopic (exact) mass is 314 g/mol. The number of piperidine rings is 1. The molecule has 2 aliphatic rings. The third-order valence-electron chi connectivity index (χ3n) is 4.97. The van der Waals surface area contributed by atoms with Crippen LogP contribution < -0.4 is 9.64 Å². The topological polar surface area (TPSA) is 51.1 Å². The number of hydrogen-bond donors (Lipinski definition) is 0. The van der Waals surface area contributed by atoms with Gasteiger partial charge in [0.05, 0.1) is 24.7 Å². The van der Waals surface area contributed by atoms with E-state index in [4.69, 9.17) is 4.74 Å². The molecule has 0 N–H and O–H groups in total. The van der Waals surface area contributed by atoms with Crippen LogP contribution in [0.2, 0.25) is 0 Å². The average molecular weight is 314 g/mol. The minimum Gasteiger partial charge on any atom is -0.489 e. The minimum absolute atomic E-state index is 0.299. The molecule has 1 saturated heterocycles. The van der Waals surface area contributed by atoms with Gasteiger partial charge >= 0.3 is 0 Å². The smallest absolute Gasteiger partial charge is 0.225 e. The molecule has 5 nitrogen and oxygen atoms in total. The second-order valence-corrected chi connectivity index (χ2v) is 6.53. The second-order valence-electron chi connectivity index (χ2n) is 6.53. The SMILES string of the molecule is Fc1cnc(N2CCC3(CC2)CC(Oc2cccnc2)C3)nc1. The van der Waals surface area contributed by atoms with Crippen molar-refractivity contribution in [1.82, 2.24) is 15.0 Å². The molecule has 2 fully saturated rings. The Bertz CT molecular complexity index is 648. The zero-order valence-corrected chi connectivity index (χ0v) is 12.9. The van der Waals surface area contributed by atoms with Crippen molar-refractivity contribution in [3.8, 4) is 5.75 Å². The zero-order valence-electron chi connectivity index (χ0n) is 12.9. The van der Waals surface area contributed by atoms with E-state index in [1.807, 2.05) is 12.1 Å². The van der Waals surface area contributed by atoms with Crippen LogP contribution in [-0.2, 0) is 0 Å². The Morgan fingerprint density at radius 2 is 1.87 bits per heavy atom. The Balaban J connectivity index is 1.30. The van der Waals surface area contributed by atoms with Crippen LogP contribution in [0.3, 0.4) is 0 Å².